The van der Waals surface area contributed by atoms with Crippen LogP contribution in [-0.4, -0.2) is 11.1 Å². The summed E-state index contributed by atoms with van der Waals surface area (Å²) in [5.74, 6) is 0. The van der Waals surface area contributed by atoms with Crippen molar-refractivity contribution in [3.63, 3.8) is 0 Å². The van der Waals surface area contributed by atoms with Crippen LogP contribution in [-0.2, 0) is 16.9 Å². The van der Waals surface area contributed by atoms with E-state index in [1.807, 2.05) is 42.6 Å². The van der Waals surface area contributed by atoms with Gasteiger partial charge in [-0.2, -0.15) is 0 Å². The molecule has 1 aliphatic carbocycles. The van der Waals surface area contributed by atoms with Gasteiger partial charge in [-0.1, -0.05) is 30.3 Å². The fourth-order valence-electron chi connectivity index (χ4n) is 2.51. The number of carbonyl (C=O) groups is 1. The maximum Gasteiger partial charge on any atom is 0.408 e. The average Bonchev–Trinajstić information content (AvgIpc) is 2.88. The molecule has 0 radical (unpaired) electrons. The van der Waals surface area contributed by atoms with E-state index in [2.05, 4.69) is 10.3 Å². The van der Waals surface area contributed by atoms with Crippen molar-refractivity contribution in [1.82, 2.24) is 10.3 Å². The fourth-order valence-corrected chi connectivity index (χ4v) is 3.22. The van der Waals surface area contributed by atoms with E-state index in [0.29, 0.717) is 6.61 Å². The highest BCUT2D eigenvalue weighted by Crippen LogP contribution is 2.41. The predicted molar refractivity (Wildman–Crippen MR) is 82.1 cm³/mol. The molecule has 1 aromatic carbocycles. The summed E-state index contributed by atoms with van der Waals surface area (Å²) in [6.07, 6.45) is 2.59. The summed E-state index contributed by atoms with van der Waals surface area (Å²) in [5.41, 5.74) is 1.63. The number of carbonyl (C=O) groups excluding carboxylic acids is 1. The molecule has 0 bridgehead atoms. The Morgan fingerprint density at radius 3 is 2.71 bits per heavy atom. The van der Waals surface area contributed by atoms with Crippen molar-refractivity contribution in [3.8, 4) is 0 Å². The molecule has 0 saturated heterocycles. The van der Waals surface area contributed by atoms with Crippen LogP contribution in [0.1, 0.15) is 35.5 Å². The number of rotatable bonds is 4. The highest BCUT2D eigenvalue weighted by molar-refractivity contribution is 7.09. The SMILES string of the molecule is Cc1nc(C2(NC(=O)OCc3ccccc3)CCC2)cs1. The minimum Gasteiger partial charge on any atom is -0.445 e. The van der Waals surface area contributed by atoms with Gasteiger partial charge in [-0.25, -0.2) is 9.78 Å². The van der Waals surface area contributed by atoms with Gasteiger partial charge in [0.05, 0.1) is 16.2 Å². The van der Waals surface area contributed by atoms with E-state index in [4.69, 9.17) is 4.74 Å². The number of nitrogens with one attached hydrogen (secondary N) is 1. The lowest BCUT2D eigenvalue weighted by Crippen LogP contribution is -2.51. The van der Waals surface area contributed by atoms with Crippen LogP contribution in [0.5, 0.6) is 0 Å². The molecule has 3 rings (SSSR count). The lowest BCUT2D eigenvalue weighted by molar-refractivity contribution is 0.104. The number of benzene rings is 1. The van der Waals surface area contributed by atoms with Crippen molar-refractivity contribution < 1.29 is 9.53 Å². The number of aryl methyl sites for hydroxylation is 1. The largest absolute Gasteiger partial charge is 0.445 e. The quantitative estimate of drug-likeness (QED) is 0.935. The van der Waals surface area contributed by atoms with E-state index < -0.39 is 0 Å². The molecule has 1 aromatic heterocycles. The van der Waals surface area contributed by atoms with E-state index in [1.165, 1.54) is 0 Å². The number of hydrogen-bond acceptors (Lipinski definition) is 4. The topological polar surface area (TPSA) is 51.2 Å². The minimum atomic E-state index is -0.371. The number of aromatic nitrogens is 1. The van der Waals surface area contributed by atoms with Crippen LogP contribution in [0, 0.1) is 6.92 Å². The van der Waals surface area contributed by atoms with Crippen molar-refractivity contribution in [2.75, 3.05) is 0 Å². The third kappa shape index (κ3) is 3.08. The maximum absolute atomic E-state index is 12.0. The number of amides is 1. The third-order valence-electron chi connectivity index (χ3n) is 3.87. The zero-order valence-corrected chi connectivity index (χ0v) is 12.8. The number of thiazole rings is 1. The second-order valence-corrected chi connectivity index (χ2v) is 6.44. The Labute approximate surface area is 128 Å². The van der Waals surface area contributed by atoms with Gasteiger partial charge in [-0.15, -0.1) is 11.3 Å². The molecule has 110 valence electrons. The summed E-state index contributed by atoms with van der Waals surface area (Å²) in [6, 6.07) is 9.69. The minimum absolute atomic E-state index is 0.291. The van der Waals surface area contributed by atoms with Gasteiger partial charge in [0, 0.05) is 5.38 Å². The Morgan fingerprint density at radius 1 is 1.38 bits per heavy atom. The van der Waals surface area contributed by atoms with Gasteiger partial charge < -0.3 is 10.1 Å². The first kappa shape index (κ1) is 14.1. The average molecular weight is 302 g/mol. The van der Waals surface area contributed by atoms with Crippen LogP contribution in [0.15, 0.2) is 35.7 Å². The summed E-state index contributed by atoms with van der Waals surface area (Å²) in [4.78, 5) is 16.6. The monoisotopic (exact) mass is 302 g/mol. The zero-order valence-electron chi connectivity index (χ0n) is 12.0. The van der Waals surface area contributed by atoms with Crippen LogP contribution < -0.4 is 5.32 Å². The molecule has 21 heavy (non-hydrogen) atoms. The van der Waals surface area contributed by atoms with Gasteiger partial charge in [0.1, 0.15) is 6.61 Å². The van der Waals surface area contributed by atoms with Crippen molar-refractivity contribution in [3.05, 3.63) is 52.0 Å². The van der Waals surface area contributed by atoms with Crippen molar-refractivity contribution in [2.45, 2.75) is 38.3 Å². The Balaban J connectivity index is 1.61. The lowest BCUT2D eigenvalue weighted by atomic mass is 9.75. The van der Waals surface area contributed by atoms with Crippen LogP contribution >= 0.6 is 11.3 Å². The number of alkyl carbamates (subject to hydrolysis) is 1. The van der Waals surface area contributed by atoms with Gasteiger partial charge in [0.25, 0.3) is 0 Å². The molecule has 1 amide bonds. The standard InChI is InChI=1S/C16H18N2O2S/c1-12-17-14(11-21-12)16(8-5-9-16)18-15(19)20-10-13-6-3-2-4-7-13/h2-4,6-7,11H,5,8-10H2,1H3,(H,18,19). The molecular weight excluding hydrogens is 284 g/mol. The molecule has 0 spiro atoms. The molecule has 4 nitrogen and oxygen atoms in total. The van der Waals surface area contributed by atoms with Gasteiger partial charge in [-0.3, -0.25) is 0 Å². The highest BCUT2D eigenvalue weighted by Gasteiger charge is 2.42. The Bertz CT molecular complexity index is 620. The molecule has 1 N–H and O–H groups in total. The van der Waals surface area contributed by atoms with Crippen molar-refractivity contribution in [2.24, 2.45) is 0 Å². The van der Waals surface area contributed by atoms with Crippen LogP contribution in [0.4, 0.5) is 4.79 Å². The number of ether oxygens (including phenoxy) is 1. The predicted octanol–water partition coefficient (Wildman–Crippen LogP) is 3.76. The number of hydrogen-bond donors (Lipinski definition) is 1. The van der Waals surface area contributed by atoms with Crippen LogP contribution in [0.3, 0.4) is 0 Å². The first-order chi connectivity index (χ1) is 10.2. The van der Waals surface area contributed by atoms with E-state index in [9.17, 15) is 4.79 Å². The van der Waals surface area contributed by atoms with Crippen LogP contribution in [0.2, 0.25) is 0 Å². The molecular formula is C16H18N2O2S. The molecule has 0 atom stereocenters. The van der Waals surface area contributed by atoms with E-state index in [-0.39, 0.29) is 11.6 Å². The molecule has 0 unspecified atom stereocenters. The molecule has 1 aliphatic rings. The lowest BCUT2D eigenvalue weighted by Gasteiger charge is -2.40. The molecule has 0 aliphatic heterocycles. The molecule has 5 heteroatoms. The highest BCUT2D eigenvalue weighted by atomic mass is 32.1. The van der Waals surface area contributed by atoms with Gasteiger partial charge in [0.15, 0.2) is 0 Å². The van der Waals surface area contributed by atoms with Crippen molar-refractivity contribution in [1.29, 1.82) is 0 Å². The zero-order chi connectivity index (χ0) is 14.7. The summed E-state index contributed by atoms with van der Waals surface area (Å²) in [5, 5.41) is 6.07. The fraction of sp³-hybridized carbons (Fsp3) is 0.375. The molecule has 1 fully saturated rings. The summed E-state index contributed by atoms with van der Waals surface area (Å²) < 4.78 is 5.31. The number of nitrogens with zero attached hydrogens (tertiary/aromatic N) is 1. The normalized spacial score (nSPS) is 16.0. The molecule has 2 aromatic rings. The smallest absolute Gasteiger partial charge is 0.408 e. The van der Waals surface area contributed by atoms with E-state index in [0.717, 1.165) is 35.5 Å². The molecule has 1 saturated carbocycles. The first-order valence-electron chi connectivity index (χ1n) is 7.09. The molecule has 1 heterocycles. The Hall–Kier alpha value is -1.88. The maximum atomic E-state index is 12.0. The second kappa shape index (κ2) is 5.85. The van der Waals surface area contributed by atoms with Gasteiger partial charge in [0.2, 0.25) is 0 Å². The first-order valence-corrected chi connectivity index (χ1v) is 7.97. The van der Waals surface area contributed by atoms with Gasteiger partial charge in [-0.05, 0) is 31.7 Å². The summed E-state index contributed by atoms with van der Waals surface area (Å²) in [6.45, 7) is 2.27. The Kier molecular flexibility index (Phi) is 3.92. The van der Waals surface area contributed by atoms with E-state index in [1.54, 1.807) is 11.3 Å². The van der Waals surface area contributed by atoms with Gasteiger partial charge >= 0.3 is 6.09 Å². The third-order valence-corrected chi connectivity index (χ3v) is 4.64. The summed E-state index contributed by atoms with van der Waals surface area (Å²) in [7, 11) is 0. The van der Waals surface area contributed by atoms with E-state index >= 15 is 0 Å². The Morgan fingerprint density at radius 2 is 2.14 bits per heavy atom. The second-order valence-electron chi connectivity index (χ2n) is 5.37. The van der Waals surface area contributed by atoms with Crippen LogP contribution in [0.25, 0.3) is 0 Å². The van der Waals surface area contributed by atoms with Crippen molar-refractivity contribution >= 4 is 17.4 Å². The summed E-state index contributed by atoms with van der Waals surface area (Å²) >= 11 is 1.61.